The lowest BCUT2D eigenvalue weighted by Gasteiger charge is -1.98. The van der Waals surface area contributed by atoms with Gasteiger partial charge in [0.15, 0.2) is 5.69 Å². The van der Waals surface area contributed by atoms with E-state index in [1.54, 1.807) is 0 Å². The first kappa shape index (κ1) is 8.38. The summed E-state index contributed by atoms with van der Waals surface area (Å²) >= 11 is 0. The van der Waals surface area contributed by atoms with Gasteiger partial charge in [0, 0.05) is 0 Å². The zero-order chi connectivity index (χ0) is 9.14. The van der Waals surface area contributed by atoms with Crippen molar-refractivity contribution < 1.29 is 19.4 Å². The second-order valence-corrected chi connectivity index (χ2v) is 1.95. The molecule has 0 atom stereocenters. The Labute approximate surface area is 68.1 Å². The van der Waals surface area contributed by atoms with Crippen molar-refractivity contribution in [1.82, 2.24) is 10.2 Å². The number of carboxylic acids is 1. The van der Waals surface area contributed by atoms with Crippen LogP contribution in [0.5, 0.6) is 11.6 Å². The van der Waals surface area contributed by atoms with Crippen LogP contribution in [0.4, 0.5) is 0 Å². The number of ether oxygens (including phenoxy) is 2. The number of H-pyrrole nitrogens is 1. The molecule has 0 saturated carbocycles. The molecule has 0 aromatic carbocycles. The standard InChI is InChI=1S/C6H8N2O4/c1-11-4-3(6(9)10)7-8-5(4)12-2/h1-2H3,(H,7,8)(H,9,10). The first-order chi connectivity index (χ1) is 5.70. The zero-order valence-electron chi connectivity index (χ0n) is 6.62. The Morgan fingerprint density at radius 2 is 2.17 bits per heavy atom. The van der Waals surface area contributed by atoms with Crippen LogP contribution in [-0.2, 0) is 0 Å². The molecule has 0 radical (unpaired) electrons. The first-order valence-corrected chi connectivity index (χ1v) is 3.10. The summed E-state index contributed by atoms with van der Waals surface area (Å²) in [5.74, 6) is -0.900. The maximum atomic E-state index is 10.5. The first-order valence-electron chi connectivity index (χ1n) is 3.10. The molecule has 0 aliphatic heterocycles. The highest BCUT2D eigenvalue weighted by Crippen LogP contribution is 2.27. The summed E-state index contributed by atoms with van der Waals surface area (Å²) in [6.45, 7) is 0. The van der Waals surface area contributed by atoms with Crippen molar-refractivity contribution in [2.75, 3.05) is 14.2 Å². The number of methoxy groups -OCH3 is 2. The third-order valence-corrected chi connectivity index (χ3v) is 1.30. The van der Waals surface area contributed by atoms with Gasteiger partial charge in [0.05, 0.1) is 14.2 Å². The third-order valence-electron chi connectivity index (χ3n) is 1.30. The maximum absolute atomic E-state index is 10.5. The van der Waals surface area contributed by atoms with Gasteiger partial charge in [0.25, 0.3) is 5.88 Å². The van der Waals surface area contributed by atoms with Crippen molar-refractivity contribution in [2.45, 2.75) is 0 Å². The Bertz CT molecular complexity index is 294. The highest BCUT2D eigenvalue weighted by molar-refractivity contribution is 5.89. The van der Waals surface area contributed by atoms with Crippen LogP contribution in [0, 0.1) is 0 Å². The van der Waals surface area contributed by atoms with Crippen LogP contribution in [0.2, 0.25) is 0 Å². The summed E-state index contributed by atoms with van der Waals surface area (Å²) in [6, 6.07) is 0. The number of rotatable bonds is 3. The van der Waals surface area contributed by atoms with Crippen LogP contribution in [0.15, 0.2) is 0 Å². The number of hydrogen-bond donors (Lipinski definition) is 2. The van der Waals surface area contributed by atoms with E-state index in [0.717, 1.165) is 0 Å². The lowest BCUT2D eigenvalue weighted by atomic mass is 10.4. The molecular formula is C6H8N2O4. The van der Waals surface area contributed by atoms with Gasteiger partial charge in [-0.25, -0.2) is 4.79 Å². The van der Waals surface area contributed by atoms with E-state index in [2.05, 4.69) is 10.2 Å². The summed E-state index contributed by atoms with van der Waals surface area (Å²) in [5.41, 5.74) is -0.116. The van der Waals surface area contributed by atoms with Gasteiger partial charge in [-0.3, -0.25) is 5.10 Å². The molecule has 12 heavy (non-hydrogen) atoms. The van der Waals surface area contributed by atoms with Crippen LogP contribution in [0.1, 0.15) is 10.5 Å². The minimum Gasteiger partial charge on any atom is -0.489 e. The number of aromatic amines is 1. The Balaban J connectivity index is 3.13. The normalized spacial score (nSPS) is 9.50. The van der Waals surface area contributed by atoms with E-state index in [9.17, 15) is 4.79 Å². The summed E-state index contributed by atoms with van der Waals surface area (Å²) in [7, 11) is 2.73. The molecule has 0 bridgehead atoms. The maximum Gasteiger partial charge on any atom is 0.357 e. The van der Waals surface area contributed by atoms with Crippen molar-refractivity contribution >= 4 is 5.97 Å². The average molecular weight is 172 g/mol. The number of hydrogen-bond acceptors (Lipinski definition) is 4. The number of nitrogens with one attached hydrogen (secondary N) is 1. The molecular weight excluding hydrogens is 164 g/mol. The molecule has 1 heterocycles. The van der Waals surface area contributed by atoms with Crippen molar-refractivity contribution in [1.29, 1.82) is 0 Å². The lowest BCUT2D eigenvalue weighted by molar-refractivity contribution is 0.0686. The fraction of sp³-hybridized carbons (Fsp3) is 0.333. The zero-order valence-corrected chi connectivity index (χ0v) is 6.62. The topological polar surface area (TPSA) is 84.4 Å². The number of aromatic carboxylic acids is 1. The van der Waals surface area contributed by atoms with Crippen LogP contribution < -0.4 is 9.47 Å². The van der Waals surface area contributed by atoms with E-state index in [4.69, 9.17) is 14.6 Å². The van der Waals surface area contributed by atoms with E-state index >= 15 is 0 Å². The van der Waals surface area contributed by atoms with E-state index in [1.165, 1.54) is 14.2 Å². The summed E-state index contributed by atoms with van der Waals surface area (Å²) < 4.78 is 9.51. The second-order valence-electron chi connectivity index (χ2n) is 1.95. The van der Waals surface area contributed by atoms with Crippen LogP contribution in [0.3, 0.4) is 0 Å². The molecule has 0 aliphatic rings. The molecule has 1 aromatic heterocycles. The predicted octanol–water partition coefficient (Wildman–Crippen LogP) is 0.125. The van der Waals surface area contributed by atoms with E-state index in [0.29, 0.717) is 0 Å². The molecule has 1 aromatic rings. The van der Waals surface area contributed by atoms with E-state index in [-0.39, 0.29) is 17.3 Å². The number of carboxylic acid groups (broad SMARTS) is 1. The largest absolute Gasteiger partial charge is 0.489 e. The SMILES string of the molecule is COc1n[nH]c(C(=O)O)c1OC. The van der Waals surface area contributed by atoms with E-state index < -0.39 is 5.97 Å². The van der Waals surface area contributed by atoms with Crippen molar-refractivity contribution in [3.63, 3.8) is 0 Å². The van der Waals surface area contributed by atoms with E-state index in [1.807, 2.05) is 0 Å². The number of aromatic nitrogens is 2. The van der Waals surface area contributed by atoms with Gasteiger partial charge in [-0.1, -0.05) is 0 Å². The van der Waals surface area contributed by atoms with Gasteiger partial charge < -0.3 is 14.6 Å². The minimum absolute atomic E-state index is 0.102. The molecule has 6 heteroatoms. The molecule has 1 rings (SSSR count). The quantitative estimate of drug-likeness (QED) is 0.676. The van der Waals surface area contributed by atoms with Crippen molar-refractivity contribution in [3.05, 3.63) is 5.69 Å². The monoisotopic (exact) mass is 172 g/mol. The average Bonchev–Trinajstić information content (AvgIpc) is 2.46. The van der Waals surface area contributed by atoms with Gasteiger partial charge in [0.1, 0.15) is 0 Å². The molecule has 2 N–H and O–H groups in total. The molecule has 0 saturated heterocycles. The fourth-order valence-electron chi connectivity index (χ4n) is 0.788. The molecule has 0 aliphatic carbocycles. The number of carbonyl (C=O) groups is 1. The second kappa shape index (κ2) is 3.12. The minimum atomic E-state index is -1.14. The summed E-state index contributed by atoms with van der Waals surface area (Å²) in [6.07, 6.45) is 0. The highest BCUT2D eigenvalue weighted by Gasteiger charge is 2.19. The van der Waals surface area contributed by atoms with Crippen molar-refractivity contribution in [3.8, 4) is 11.6 Å². The van der Waals surface area contributed by atoms with Crippen LogP contribution in [0.25, 0.3) is 0 Å². The highest BCUT2D eigenvalue weighted by atomic mass is 16.5. The van der Waals surface area contributed by atoms with Gasteiger partial charge in [-0.2, -0.15) is 0 Å². The Hall–Kier alpha value is -1.72. The smallest absolute Gasteiger partial charge is 0.357 e. The van der Waals surface area contributed by atoms with Gasteiger partial charge >= 0.3 is 5.97 Å². The Kier molecular flexibility index (Phi) is 2.18. The number of nitrogens with zero attached hydrogens (tertiary/aromatic N) is 1. The van der Waals surface area contributed by atoms with Crippen LogP contribution >= 0.6 is 0 Å². The van der Waals surface area contributed by atoms with Crippen LogP contribution in [-0.4, -0.2) is 35.5 Å². The van der Waals surface area contributed by atoms with Gasteiger partial charge in [-0.15, -0.1) is 5.10 Å². The molecule has 66 valence electrons. The third kappa shape index (κ3) is 1.18. The molecule has 0 fully saturated rings. The fourth-order valence-corrected chi connectivity index (χ4v) is 0.788. The lowest BCUT2D eigenvalue weighted by Crippen LogP contribution is -1.99. The summed E-state index contributed by atoms with van der Waals surface area (Å²) in [4.78, 5) is 10.5. The Morgan fingerprint density at radius 3 is 2.58 bits per heavy atom. The van der Waals surface area contributed by atoms with Gasteiger partial charge in [0.2, 0.25) is 5.75 Å². The Morgan fingerprint density at radius 1 is 1.50 bits per heavy atom. The molecule has 0 amide bonds. The molecule has 0 unspecified atom stereocenters. The summed E-state index contributed by atoms with van der Waals surface area (Å²) in [5, 5.41) is 14.4. The molecule has 6 nitrogen and oxygen atoms in total. The molecule has 0 spiro atoms. The van der Waals surface area contributed by atoms with Gasteiger partial charge in [-0.05, 0) is 0 Å². The predicted molar refractivity (Wildman–Crippen MR) is 38.7 cm³/mol. The van der Waals surface area contributed by atoms with Crippen molar-refractivity contribution in [2.24, 2.45) is 0 Å².